The van der Waals surface area contributed by atoms with Crippen molar-refractivity contribution in [2.75, 3.05) is 22.9 Å². The van der Waals surface area contributed by atoms with Crippen LogP contribution in [0.1, 0.15) is 58.3 Å². The van der Waals surface area contributed by atoms with Gasteiger partial charge in [0.2, 0.25) is 5.91 Å². The Kier molecular flexibility index (Phi) is 11.4. The van der Waals surface area contributed by atoms with E-state index in [9.17, 15) is 24.4 Å². The molecule has 0 radical (unpaired) electrons. The Labute approximate surface area is 299 Å². The average molecular weight is 708 g/mol. The van der Waals surface area contributed by atoms with Gasteiger partial charge in [0.25, 0.3) is 11.8 Å². The van der Waals surface area contributed by atoms with E-state index in [2.05, 4.69) is 22.0 Å². The summed E-state index contributed by atoms with van der Waals surface area (Å²) in [5, 5.41) is 18.8. The molecular formula is C38H37N5O5S2. The van der Waals surface area contributed by atoms with Crippen molar-refractivity contribution in [1.29, 1.82) is 5.26 Å². The first kappa shape index (κ1) is 35.9. The third kappa shape index (κ3) is 9.62. The standard InChI is InChI=1S/C38H37N5O5S2/c1-24-10-8-11-25(18-24)19-31(41-34(45)26-12-6-5-7-13-26)35(46)40-27-14-9-15-28(20-27)49-23-33(44)42-36-30(21-39)29-16-17-43(22-32(29)50-36)37(47)48-38(2,3)4/h5-15,18-20H,16-17,22-23H2,1-4H3,(H,40,46)(H,41,45)(H,42,44)/b31-19+. The molecule has 0 aliphatic carbocycles. The first-order valence-corrected chi connectivity index (χ1v) is 17.7. The summed E-state index contributed by atoms with van der Waals surface area (Å²) in [6.45, 7) is 8.12. The van der Waals surface area contributed by atoms with Gasteiger partial charge >= 0.3 is 6.09 Å². The number of rotatable bonds is 9. The number of nitrogens with one attached hydrogen (secondary N) is 3. The number of nitrogens with zero attached hydrogens (tertiary/aromatic N) is 2. The fourth-order valence-corrected chi connectivity index (χ4v) is 7.12. The Morgan fingerprint density at radius 3 is 2.48 bits per heavy atom. The summed E-state index contributed by atoms with van der Waals surface area (Å²) < 4.78 is 5.51. The lowest BCUT2D eigenvalue weighted by Gasteiger charge is -2.29. The summed E-state index contributed by atoms with van der Waals surface area (Å²) in [5.74, 6) is -1.16. The summed E-state index contributed by atoms with van der Waals surface area (Å²) in [6, 6.07) is 25.5. The second-order valence-corrected chi connectivity index (χ2v) is 14.7. The Hall–Kier alpha value is -5.38. The molecule has 0 unspecified atom stereocenters. The van der Waals surface area contributed by atoms with Crippen LogP contribution in [0.5, 0.6) is 0 Å². The Morgan fingerprint density at radius 1 is 1.00 bits per heavy atom. The van der Waals surface area contributed by atoms with Crippen molar-refractivity contribution < 1.29 is 23.9 Å². The van der Waals surface area contributed by atoms with Gasteiger partial charge in [-0.1, -0.05) is 54.1 Å². The van der Waals surface area contributed by atoms with Crippen molar-refractivity contribution in [3.8, 4) is 6.07 Å². The smallest absolute Gasteiger partial charge is 0.410 e. The molecule has 1 aromatic heterocycles. The highest BCUT2D eigenvalue weighted by molar-refractivity contribution is 8.00. The maximum absolute atomic E-state index is 13.5. The van der Waals surface area contributed by atoms with Gasteiger partial charge in [-0.25, -0.2) is 4.79 Å². The predicted octanol–water partition coefficient (Wildman–Crippen LogP) is 7.36. The number of hydrogen-bond donors (Lipinski definition) is 3. The van der Waals surface area contributed by atoms with Crippen molar-refractivity contribution >= 4 is 63.7 Å². The molecule has 0 fully saturated rings. The van der Waals surface area contributed by atoms with E-state index in [1.807, 2.05) is 64.1 Å². The van der Waals surface area contributed by atoms with Crippen molar-refractivity contribution in [3.63, 3.8) is 0 Å². The van der Waals surface area contributed by atoms with Crippen molar-refractivity contribution in [2.45, 2.75) is 51.2 Å². The van der Waals surface area contributed by atoms with E-state index >= 15 is 0 Å². The fraction of sp³-hybridized carbons (Fsp3) is 0.237. The molecule has 0 saturated carbocycles. The molecule has 2 heterocycles. The molecule has 3 aromatic carbocycles. The monoisotopic (exact) mass is 707 g/mol. The number of aryl methyl sites for hydroxylation is 1. The first-order chi connectivity index (χ1) is 23.9. The molecule has 0 atom stereocenters. The molecule has 0 spiro atoms. The van der Waals surface area contributed by atoms with Crippen molar-refractivity contribution in [2.24, 2.45) is 0 Å². The van der Waals surface area contributed by atoms with Gasteiger partial charge in [0.05, 0.1) is 17.9 Å². The van der Waals surface area contributed by atoms with Crippen LogP contribution in [0, 0.1) is 18.3 Å². The Balaban J connectivity index is 1.23. The second-order valence-electron chi connectivity index (χ2n) is 12.6. The summed E-state index contributed by atoms with van der Waals surface area (Å²) in [4.78, 5) is 55.3. The number of anilines is 2. The van der Waals surface area contributed by atoms with Gasteiger partial charge in [0.1, 0.15) is 22.4 Å². The SMILES string of the molecule is Cc1cccc(/C=C(/NC(=O)c2ccccc2)C(=O)Nc2cccc(SCC(=O)Nc3sc4c(c3C#N)CCN(C(=O)OC(C)(C)C)C4)c2)c1. The van der Waals surface area contributed by atoms with E-state index < -0.39 is 23.5 Å². The van der Waals surface area contributed by atoms with Gasteiger partial charge in [0, 0.05) is 27.6 Å². The molecule has 4 aromatic rings. The molecule has 10 nitrogen and oxygen atoms in total. The zero-order chi connectivity index (χ0) is 35.8. The number of nitriles is 1. The fourth-order valence-electron chi connectivity index (χ4n) is 5.13. The molecule has 1 aliphatic rings. The third-order valence-corrected chi connectivity index (χ3v) is 9.54. The molecule has 3 N–H and O–H groups in total. The molecule has 0 saturated heterocycles. The van der Waals surface area contributed by atoms with E-state index in [0.29, 0.717) is 41.3 Å². The summed E-state index contributed by atoms with van der Waals surface area (Å²) in [5.41, 5.74) is 3.39. The van der Waals surface area contributed by atoms with Crippen LogP contribution in [0.15, 0.2) is 89.5 Å². The highest BCUT2D eigenvalue weighted by atomic mass is 32.2. The number of amides is 4. The first-order valence-electron chi connectivity index (χ1n) is 15.9. The zero-order valence-corrected chi connectivity index (χ0v) is 29.8. The minimum Gasteiger partial charge on any atom is -0.444 e. The van der Waals surface area contributed by atoms with Gasteiger partial charge in [-0.05, 0) is 81.7 Å². The second kappa shape index (κ2) is 15.9. The van der Waals surface area contributed by atoms with Gasteiger partial charge in [0.15, 0.2) is 0 Å². The molecule has 50 heavy (non-hydrogen) atoms. The summed E-state index contributed by atoms with van der Waals surface area (Å²) in [6.07, 6.45) is 1.71. The highest BCUT2D eigenvalue weighted by Crippen LogP contribution is 2.37. The maximum atomic E-state index is 13.5. The van der Waals surface area contributed by atoms with E-state index in [4.69, 9.17) is 4.74 Å². The Bertz CT molecular complexity index is 1990. The lowest BCUT2D eigenvalue weighted by Crippen LogP contribution is -2.39. The zero-order valence-electron chi connectivity index (χ0n) is 28.2. The van der Waals surface area contributed by atoms with E-state index in [1.165, 1.54) is 23.1 Å². The molecule has 12 heteroatoms. The number of carbonyl (C=O) groups is 4. The van der Waals surface area contributed by atoms with E-state index in [1.54, 1.807) is 53.4 Å². The highest BCUT2D eigenvalue weighted by Gasteiger charge is 2.30. The van der Waals surface area contributed by atoms with Crippen LogP contribution in [0.3, 0.4) is 0 Å². The lowest BCUT2D eigenvalue weighted by atomic mass is 10.0. The number of fused-ring (bicyclic) bond motifs is 1. The van der Waals surface area contributed by atoms with Gasteiger partial charge in [-0.3, -0.25) is 14.4 Å². The Morgan fingerprint density at radius 2 is 1.76 bits per heavy atom. The minimum atomic E-state index is -0.617. The van der Waals surface area contributed by atoms with Crippen molar-refractivity contribution in [3.05, 3.63) is 117 Å². The summed E-state index contributed by atoms with van der Waals surface area (Å²) in [7, 11) is 0. The normalized spacial score (nSPS) is 12.7. The van der Waals surface area contributed by atoms with Gasteiger partial charge in [-0.15, -0.1) is 23.1 Å². The van der Waals surface area contributed by atoms with Crippen LogP contribution in [-0.4, -0.2) is 46.6 Å². The summed E-state index contributed by atoms with van der Waals surface area (Å²) >= 11 is 2.57. The molecule has 1 aliphatic heterocycles. The number of benzene rings is 3. The number of ether oxygens (including phenoxy) is 1. The van der Waals surface area contributed by atoms with Crippen LogP contribution >= 0.6 is 23.1 Å². The molecular weight excluding hydrogens is 671 g/mol. The molecule has 0 bridgehead atoms. The molecule has 256 valence electrons. The van der Waals surface area contributed by atoms with Crippen LogP contribution < -0.4 is 16.0 Å². The quantitative estimate of drug-likeness (QED) is 0.122. The topological polar surface area (TPSA) is 141 Å². The number of thioether (sulfide) groups is 1. The average Bonchev–Trinajstić information content (AvgIpc) is 3.42. The third-order valence-electron chi connectivity index (χ3n) is 7.42. The molecule has 4 amide bonds. The van der Waals surface area contributed by atoms with Gasteiger partial charge < -0.3 is 25.6 Å². The largest absolute Gasteiger partial charge is 0.444 e. The predicted molar refractivity (Wildman–Crippen MR) is 197 cm³/mol. The van der Waals surface area contributed by atoms with Crippen LogP contribution in [0.2, 0.25) is 0 Å². The number of hydrogen-bond acceptors (Lipinski definition) is 8. The minimum absolute atomic E-state index is 0.0561. The molecule has 5 rings (SSSR count). The van der Waals surface area contributed by atoms with Crippen LogP contribution in [0.25, 0.3) is 6.08 Å². The maximum Gasteiger partial charge on any atom is 0.410 e. The van der Waals surface area contributed by atoms with Crippen molar-refractivity contribution in [1.82, 2.24) is 10.2 Å². The van der Waals surface area contributed by atoms with Crippen LogP contribution in [0.4, 0.5) is 15.5 Å². The van der Waals surface area contributed by atoms with Gasteiger partial charge in [-0.2, -0.15) is 5.26 Å². The number of carbonyl (C=O) groups excluding carboxylic acids is 4. The number of thiophene rings is 1. The van der Waals surface area contributed by atoms with E-state index in [0.717, 1.165) is 26.5 Å². The van der Waals surface area contributed by atoms with Crippen LogP contribution in [-0.2, 0) is 27.3 Å². The van der Waals surface area contributed by atoms with E-state index in [-0.39, 0.29) is 17.4 Å². The lowest BCUT2D eigenvalue weighted by molar-refractivity contribution is -0.114.